The van der Waals surface area contributed by atoms with Gasteiger partial charge in [0.25, 0.3) is 0 Å². The highest BCUT2D eigenvalue weighted by Gasteiger charge is 2.24. The first-order valence-electron chi connectivity index (χ1n) is 12.5. The molecule has 1 unspecified atom stereocenters. The standard InChI is InChI=1S/C21H23F2N3O3.C8H10N2O/c1-13(2)20(26-18(27)10-14-8-15(22)11-16(23)9-14)21(29)24-12-19(28)25-17-6-4-3-5-7-17;9-6-8(11)10-7-4-2-1-3-5-7/h3-9,11,13,20H,10,12H2,1-2H3,(H,24,29)(H,25,28)(H,26,27);1-5H,6,9H2,(H,10,11). The van der Waals surface area contributed by atoms with E-state index in [1.165, 1.54) is 0 Å². The lowest BCUT2D eigenvalue weighted by molar-refractivity contribution is -0.130. The second-order valence-corrected chi connectivity index (χ2v) is 8.99. The van der Waals surface area contributed by atoms with Crippen LogP contribution in [0, 0.1) is 17.6 Å². The average molecular weight is 554 g/mol. The molecule has 0 saturated heterocycles. The molecule has 0 radical (unpaired) electrons. The monoisotopic (exact) mass is 553 g/mol. The maximum atomic E-state index is 13.3. The third kappa shape index (κ3) is 11.8. The molecule has 0 fully saturated rings. The Morgan fingerprint density at radius 2 is 1.25 bits per heavy atom. The van der Waals surface area contributed by atoms with Crippen molar-refractivity contribution >= 4 is 35.0 Å². The number of rotatable bonds is 10. The molecule has 3 rings (SSSR count). The van der Waals surface area contributed by atoms with Crippen molar-refractivity contribution in [2.24, 2.45) is 11.7 Å². The summed E-state index contributed by atoms with van der Waals surface area (Å²) in [5, 5.41) is 10.3. The maximum Gasteiger partial charge on any atom is 0.243 e. The van der Waals surface area contributed by atoms with Crippen molar-refractivity contribution in [3.05, 3.63) is 96.1 Å². The minimum absolute atomic E-state index is 0.0227. The van der Waals surface area contributed by atoms with Gasteiger partial charge in [0.1, 0.15) is 17.7 Å². The van der Waals surface area contributed by atoms with Gasteiger partial charge in [-0.3, -0.25) is 19.2 Å². The molecule has 40 heavy (non-hydrogen) atoms. The zero-order valence-electron chi connectivity index (χ0n) is 22.2. The molecule has 0 aliphatic rings. The predicted molar refractivity (Wildman–Crippen MR) is 149 cm³/mol. The van der Waals surface area contributed by atoms with Crippen molar-refractivity contribution in [2.75, 3.05) is 23.7 Å². The summed E-state index contributed by atoms with van der Waals surface area (Å²) in [6, 6.07) is 19.9. The molecule has 0 bridgehead atoms. The molecule has 0 saturated carbocycles. The number of para-hydroxylation sites is 2. The van der Waals surface area contributed by atoms with Crippen molar-refractivity contribution in [1.82, 2.24) is 10.6 Å². The van der Waals surface area contributed by atoms with Gasteiger partial charge in [-0.2, -0.15) is 0 Å². The third-order valence-electron chi connectivity index (χ3n) is 5.28. The molecule has 0 aliphatic carbocycles. The fourth-order valence-electron chi connectivity index (χ4n) is 3.40. The van der Waals surface area contributed by atoms with Gasteiger partial charge < -0.3 is 27.0 Å². The summed E-state index contributed by atoms with van der Waals surface area (Å²) in [5.41, 5.74) is 6.65. The molecule has 0 heterocycles. The van der Waals surface area contributed by atoms with Gasteiger partial charge in [0.15, 0.2) is 0 Å². The van der Waals surface area contributed by atoms with E-state index in [-0.39, 0.29) is 36.9 Å². The van der Waals surface area contributed by atoms with Gasteiger partial charge in [-0.1, -0.05) is 50.2 Å². The van der Waals surface area contributed by atoms with Crippen LogP contribution in [0.2, 0.25) is 0 Å². The van der Waals surface area contributed by atoms with Crippen molar-refractivity contribution in [2.45, 2.75) is 26.3 Å². The number of carbonyl (C=O) groups excluding carboxylic acids is 4. The number of carbonyl (C=O) groups is 4. The molecule has 9 nitrogen and oxygen atoms in total. The molecular weight excluding hydrogens is 520 g/mol. The molecular formula is C29H33F2N5O4. The van der Waals surface area contributed by atoms with E-state index in [9.17, 15) is 28.0 Å². The molecule has 1 atom stereocenters. The SMILES string of the molecule is CC(C)C(NC(=O)Cc1cc(F)cc(F)c1)C(=O)NCC(=O)Nc1ccccc1.NCC(=O)Nc1ccccc1. The normalized spacial score (nSPS) is 10.9. The van der Waals surface area contributed by atoms with Crippen LogP contribution in [0.5, 0.6) is 0 Å². The highest BCUT2D eigenvalue weighted by atomic mass is 19.1. The Hall–Kier alpha value is -4.64. The zero-order valence-corrected chi connectivity index (χ0v) is 22.2. The molecule has 6 N–H and O–H groups in total. The van der Waals surface area contributed by atoms with Crippen molar-refractivity contribution in [3.8, 4) is 0 Å². The number of hydrogen-bond donors (Lipinski definition) is 5. The number of nitrogens with one attached hydrogen (secondary N) is 4. The Morgan fingerprint density at radius 3 is 1.73 bits per heavy atom. The van der Waals surface area contributed by atoms with E-state index in [0.29, 0.717) is 11.8 Å². The van der Waals surface area contributed by atoms with Gasteiger partial charge in [0, 0.05) is 17.4 Å². The summed E-state index contributed by atoms with van der Waals surface area (Å²) < 4.78 is 26.5. The minimum atomic E-state index is -0.898. The maximum absolute atomic E-state index is 13.3. The van der Waals surface area contributed by atoms with Crippen LogP contribution < -0.4 is 27.0 Å². The third-order valence-corrected chi connectivity index (χ3v) is 5.28. The Bertz CT molecular complexity index is 1250. The number of nitrogens with two attached hydrogens (primary N) is 1. The molecule has 11 heteroatoms. The zero-order chi connectivity index (χ0) is 29.5. The number of hydrogen-bond acceptors (Lipinski definition) is 5. The lowest BCUT2D eigenvalue weighted by atomic mass is 10.0. The van der Waals surface area contributed by atoms with Gasteiger partial charge in [-0.25, -0.2) is 8.78 Å². The van der Waals surface area contributed by atoms with E-state index >= 15 is 0 Å². The van der Waals surface area contributed by atoms with Crippen LogP contribution in [0.1, 0.15) is 19.4 Å². The van der Waals surface area contributed by atoms with Crippen LogP contribution in [0.15, 0.2) is 78.9 Å². The molecule has 0 aromatic heterocycles. The van der Waals surface area contributed by atoms with Crippen molar-refractivity contribution < 1.29 is 28.0 Å². The van der Waals surface area contributed by atoms with Gasteiger partial charge in [0.2, 0.25) is 23.6 Å². The van der Waals surface area contributed by atoms with Gasteiger partial charge in [-0.05, 0) is 47.9 Å². The van der Waals surface area contributed by atoms with E-state index < -0.39 is 35.4 Å². The van der Waals surface area contributed by atoms with E-state index in [2.05, 4.69) is 21.3 Å². The fraction of sp³-hybridized carbons (Fsp3) is 0.241. The van der Waals surface area contributed by atoms with Gasteiger partial charge in [-0.15, -0.1) is 0 Å². The molecule has 3 aromatic rings. The highest BCUT2D eigenvalue weighted by Crippen LogP contribution is 2.10. The number of anilines is 2. The van der Waals surface area contributed by atoms with Crippen molar-refractivity contribution in [3.63, 3.8) is 0 Å². The van der Waals surface area contributed by atoms with Crippen LogP contribution in [-0.4, -0.2) is 42.8 Å². The predicted octanol–water partition coefficient (Wildman–Crippen LogP) is 2.99. The Morgan fingerprint density at radius 1 is 0.750 bits per heavy atom. The summed E-state index contributed by atoms with van der Waals surface area (Å²) in [7, 11) is 0. The number of benzene rings is 3. The molecule has 212 valence electrons. The fourth-order valence-corrected chi connectivity index (χ4v) is 3.40. The van der Waals surface area contributed by atoms with Gasteiger partial charge in [0.05, 0.1) is 19.5 Å². The van der Waals surface area contributed by atoms with E-state index in [1.54, 1.807) is 38.1 Å². The quantitative estimate of drug-likeness (QED) is 0.262. The minimum Gasteiger partial charge on any atom is -0.345 e. The lowest BCUT2D eigenvalue weighted by Gasteiger charge is -2.21. The average Bonchev–Trinajstić information content (AvgIpc) is 2.91. The largest absolute Gasteiger partial charge is 0.345 e. The lowest BCUT2D eigenvalue weighted by Crippen LogP contribution is -2.51. The topological polar surface area (TPSA) is 142 Å². The first-order valence-corrected chi connectivity index (χ1v) is 12.5. The van der Waals surface area contributed by atoms with E-state index in [1.807, 2.05) is 36.4 Å². The first kappa shape index (κ1) is 31.6. The smallest absolute Gasteiger partial charge is 0.243 e. The highest BCUT2D eigenvalue weighted by molar-refractivity contribution is 5.96. The van der Waals surface area contributed by atoms with Crippen LogP contribution in [0.25, 0.3) is 0 Å². The van der Waals surface area contributed by atoms with Crippen LogP contribution in [0.4, 0.5) is 20.2 Å². The second-order valence-electron chi connectivity index (χ2n) is 8.99. The molecule has 0 aliphatic heterocycles. The van der Waals surface area contributed by atoms with Gasteiger partial charge >= 0.3 is 0 Å². The summed E-state index contributed by atoms with van der Waals surface area (Å²) in [4.78, 5) is 47.3. The number of halogens is 2. The van der Waals surface area contributed by atoms with Crippen LogP contribution in [-0.2, 0) is 25.6 Å². The van der Waals surface area contributed by atoms with E-state index in [0.717, 1.165) is 17.8 Å². The second kappa shape index (κ2) is 16.4. The summed E-state index contributed by atoms with van der Waals surface area (Å²) >= 11 is 0. The van der Waals surface area contributed by atoms with Crippen LogP contribution in [0.3, 0.4) is 0 Å². The van der Waals surface area contributed by atoms with Crippen LogP contribution >= 0.6 is 0 Å². The Labute approximate surface area is 231 Å². The number of amides is 4. The van der Waals surface area contributed by atoms with E-state index in [4.69, 9.17) is 5.73 Å². The molecule has 0 spiro atoms. The summed E-state index contributed by atoms with van der Waals surface area (Å²) in [5.74, 6) is -3.49. The molecule has 3 aromatic carbocycles. The Kier molecular flexibility index (Phi) is 12.9. The molecule has 4 amide bonds. The Balaban J connectivity index is 0.000000425. The summed E-state index contributed by atoms with van der Waals surface area (Å²) in [6.45, 7) is 3.23. The van der Waals surface area contributed by atoms with Crippen molar-refractivity contribution in [1.29, 1.82) is 0 Å². The summed E-state index contributed by atoms with van der Waals surface area (Å²) in [6.07, 6.45) is -0.278. The first-order chi connectivity index (χ1) is 19.1.